The van der Waals surface area contributed by atoms with Crippen LogP contribution in [0.4, 0.5) is 0 Å². The number of ether oxygens (including phenoxy) is 1. The van der Waals surface area contributed by atoms with Crippen molar-refractivity contribution in [1.29, 1.82) is 0 Å². The predicted molar refractivity (Wildman–Crippen MR) is 67.8 cm³/mol. The number of aromatic nitrogens is 3. The van der Waals surface area contributed by atoms with Gasteiger partial charge in [0.05, 0.1) is 15.9 Å². The SMILES string of the molecule is CC1(C)OC(C)(C)c2c1nc1ncc(Br)cn21. The second kappa shape index (κ2) is 3.09. The molecule has 5 heteroatoms. The van der Waals surface area contributed by atoms with Crippen molar-refractivity contribution in [2.24, 2.45) is 0 Å². The summed E-state index contributed by atoms with van der Waals surface area (Å²) in [5, 5.41) is 0. The zero-order chi connectivity index (χ0) is 12.4. The number of imidazole rings is 1. The van der Waals surface area contributed by atoms with Crippen LogP contribution in [-0.2, 0) is 15.9 Å². The highest BCUT2D eigenvalue weighted by atomic mass is 79.9. The van der Waals surface area contributed by atoms with Gasteiger partial charge >= 0.3 is 0 Å². The standard InChI is InChI=1S/C12H14BrN3O/c1-11(2)8-9(12(3,4)17-11)16-6-7(13)5-14-10(16)15-8/h5-6H,1-4H3. The zero-order valence-electron chi connectivity index (χ0n) is 10.3. The summed E-state index contributed by atoms with van der Waals surface area (Å²) in [6, 6.07) is 0. The number of hydrogen-bond donors (Lipinski definition) is 0. The van der Waals surface area contributed by atoms with Crippen LogP contribution >= 0.6 is 15.9 Å². The number of fused-ring (bicyclic) bond motifs is 3. The Morgan fingerprint density at radius 2 is 1.94 bits per heavy atom. The van der Waals surface area contributed by atoms with Crippen LogP contribution < -0.4 is 0 Å². The quantitative estimate of drug-likeness (QED) is 0.750. The largest absolute Gasteiger partial charge is 0.357 e. The predicted octanol–water partition coefficient (Wildman–Crippen LogP) is 2.99. The molecular formula is C12H14BrN3O. The molecule has 3 heterocycles. The highest BCUT2D eigenvalue weighted by Crippen LogP contribution is 2.46. The monoisotopic (exact) mass is 295 g/mol. The Labute approximate surface area is 108 Å². The summed E-state index contributed by atoms with van der Waals surface area (Å²) in [7, 11) is 0. The fourth-order valence-corrected chi connectivity index (χ4v) is 2.95. The van der Waals surface area contributed by atoms with Crippen LogP contribution in [0.3, 0.4) is 0 Å². The van der Waals surface area contributed by atoms with E-state index in [1.54, 1.807) is 6.20 Å². The Kier molecular flexibility index (Phi) is 2.03. The summed E-state index contributed by atoms with van der Waals surface area (Å²) < 4.78 is 9.01. The molecule has 0 saturated carbocycles. The summed E-state index contributed by atoms with van der Waals surface area (Å²) in [5.41, 5.74) is 1.36. The first-order valence-corrected chi connectivity index (χ1v) is 6.35. The van der Waals surface area contributed by atoms with E-state index in [1.165, 1.54) is 0 Å². The lowest BCUT2D eigenvalue weighted by atomic mass is 10.0. The molecule has 3 rings (SSSR count). The van der Waals surface area contributed by atoms with E-state index in [1.807, 2.05) is 24.4 Å². The van der Waals surface area contributed by atoms with Gasteiger partial charge in [-0.05, 0) is 43.6 Å². The van der Waals surface area contributed by atoms with Crippen LogP contribution in [0.25, 0.3) is 5.78 Å². The lowest BCUT2D eigenvalue weighted by Gasteiger charge is -2.25. The average Bonchev–Trinajstić information content (AvgIpc) is 2.62. The summed E-state index contributed by atoms with van der Waals surface area (Å²) in [6.07, 6.45) is 3.75. The molecule has 0 aliphatic carbocycles. The number of hydrogen-bond acceptors (Lipinski definition) is 3. The van der Waals surface area contributed by atoms with Gasteiger partial charge in [-0.3, -0.25) is 4.40 Å². The Bertz CT molecular complexity index is 615. The molecule has 17 heavy (non-hydrogen) atoms. The fraction of sp³-hybridized carbons (Fsp3) is 0.500. The third kappa shape index (κ3) is 1.45. The zero-order valence-corrected chi connectivity index (χ0v) is 11.9. The maximum atomic E-state index is 6.07. The third-order valence-electron chi connectivity index (χ3n) is 3.10. The highest BCUT2D eigenvalue weighted by molar-refractivity contribution is 9.10. The Morgan fingerprint density at radius 3 is 2.65 bits per heavy atom. The van der Waals surface area contributed by atoms with Gasteiger partial charge in [0.25, 0.3) is 0 Å². The van der Waals surface area contributed by atoms with Gasteiger partial charge in [-0.2, -0.15) is 0 Å². The molecule has 0 aromatic carbocycles. The summed E-state index contributed by atoms with van der Waals surface area (Å²) in [6.45, 7) is 8.22. The maximum Gasteiger partial charge on any atom is 0.234 e. The number of nitrogens with zero attached hydrogens (tertiary/aromatic N) is 3. The van der Waals surface area contributed by atoms with Gasteiger partial charge in [0.1, 0.15) is 11.2 Å². The number of rotatable bonds is 0. The smallest absolute Gasteiger partial charge is 0.234 e. The van der Waals surface area contributed by atoms with Crippen LogP contribution in [-0.4, -0.2) is 14.4 Å². The minimum Gasteiger partial charge on any atom is -0.357 e. The lowest BCUT2D eigenvalue weighted by molar-refractivity contribution is -0.108. The van der Waals surface area contributed by atoms with Crippen LogP contribution in [0.1, 0.15) is 39.1 Å². The first-order chi connectivity index (χ1) is 7.81. The van der Waals surface area contributed by atoms with Crippen molar-refractivity contribution in [1.82, 2.24) is 14.4 Å². The molecule has 0 radical (unpaired) electrons. The minimum absolute atomic E-state index is 0.347. The molecule has 0 unspecified atom stereocenters. The van der Waals surface area contributed by atoms with Gasteiger partial charge in [0, 0.05) is 12.4 Å². The summed E-state index contributed by atoms with van der Waals surface area (Å²) in [4.78, 5) is 8.91. The van der Waals surface area contributed by atoms with E-state index >= 15 is 0 Å². The lowest BCUT2D eigenvalue weighted by Crippen LogP contribution is -2.24. The molecule has 0 spiro atoms. The van der Waals surface area contributed by atoms with Crippen LogP contribution in [0.15, 0.2) is 16.9 Å². The van der Waals surface area contributed by atoms with Gasteiger partial charge in [-0.25, -0.2) is 9.97 Å². The molecule has 2 aromatic rings. The van der Waals surface area contributed by atoms with Crippen molar-refractivity contribution in [2.45, 2.75) is 38.9 Å². The molecule has 0 amide bonds. The molecule has 2 aromatic heterocycles. The molecule has 0 saturated heterocycles. The summed E-state index contributed by atoms with van der Waals surface area (Å²) >= 11 is 3.44. The summed E-state index contributed by atoms with van der Waals surface area (Å²) in [5.74, 6) is 0.725. The van der Waals surface area contributed by atoms with E-state index in [-0.39, 0.29) is 11.2 Å². The van der Waals surface area contributed by atoms with Crippen molar-refractivity contribution < 1.29 is 4.74 Å². The first-order valence-electron chi connectivity index (χ1n) is 5.56. The van der Waals surface area contributed by atoms with Gasteiger partial charge in [0.15, 0.2) is 0 Å². The minimum atomic E-state index is -0.362. The van der Waals surface area contributed by atoms with E-state index in [4.69, 9.17) is 4.74 Å². The van der Waals surface area contributed by atoms with Crippen molar-refractivity contribution in [3.63, 3.8) is 0 Å². The normalized spacial score (nSPS) is 20.8. The maximum absolute atomic E-state index is 6.07. The van der Waals surface area contributed by atoms with Crippen molar-refractivity contribution >= 4 is 21.7 Å². The highest BCUT2D eigenvalue weighted by Gasteiger charge is 2.47. The molecule has 4 nitrogen and oxygen atoms in total. The average molecular weight is 296 g/mol. The van der Waals surface area contributed by atoms with Gasteiger partial charge in [-0.15, -0.1) is 0 Å². The van der Waals surface area contributed by atoms with E-state index in [9.17, 15) is 0 Å². The molecule has 1 aliphatic rings. The van der Waals surface area contributed by atoms with Crippen LogP contribution in [0.5, 0.6) is 0 Å². The van der Waals surface area contributed by atoms with Crippen molar-refractivity contribution in [2.75, 3.05) is 0 Å². The number of halogens is 1. The second-order valence-corrected chi connectivity index (χ2v) is 6.29. The third-order valence-corrected chi connectivity index (χ3v) is 3.51. The molecule has 0 N–H and O–H groups in total. The van der Waals surface area contributed by atoms with E-state index < -0.39 is 0 Å². The molecule has 0 atom stereocenters. The Hall–Kier alpha value is -0.940. The van der Waals surface area contributed by atoms with Gasteiger partial charge in [0.2, 0.25) is 5.78 Å². The van der Waals surface area contributed by atoms with E-state index in [2.05, 4.69) is 39.7 Å². The fourth-order valence-electron chi connectivity index (χ4n) is 2.64. The van der Waals surface area contributed by atoms with Crippen LogP contribution in [0.2, 0.25) is 0 Å². The first kappa shape index (κ1) is 11.2. The molecule has 90 valence electrons. The topological polar surface area (TPSA) is 39.4 Å². The van der Waals surface area contributed by atoms with Gasteiger partial charge < -0.3 is 4.74 Å². The second-order valence-electron chi connectivity index (χ2n) is 5.37. The molecular weight excluding hydrogens is 282 g/mol. The van der Waals surface area contributed by atoms with Crippen molar-refractivity contribution in [3.8, 4) is 0 Å². The van der Waals surface area contributed by atoms with Crippen LogP contribution in [0, 0.1) is 0 Å². The van der Waals surface area contributed by atoms with E-state index in [0.717, 1.165) is 21.6 Å². The van der Waals surface area contributed by atoms with E-state index in [0.29, 0.717) is 0 Å². The molecule has 0 fully saturated rings. The van der Waals surface area contributed by atoms with Crippen molar-refractivity contribution in [3.05, 3.63) is 28.3 Å². The Balaban J connectivity index is 2.42. The van der Waals surface area contributed by atoms with Gasteiger partial charge in [-0.1, -0.05) is 0 Å². The Morgan fingerprint density at radius 1 is 1.24 bits per heavy atom. The molecule has 0 bridgehead atoms. The molecule has 1 aliphatic heterocycles.